The largest absolute Gasteiger partial charge is 0.454 e. The Morgan fingerprint density at radius 3 is 2.63 bits per heavy atom. The lowest BCUT2D eigenvalue weighted by Gasteiger charge is -2.31. The van der Waals surface area contributed by atoms with Gasteiger partial charge >= 0.3 is 6.09 Å². The Morgan fingerprint density at radius 1 is 1.20 bits per heavy atom. The van der Waals surface area contributed by atoms with Gasteiger partial charge in [0.15, 0.2) is 11.5 Å². The lowest BCUT2D eigenvalue weighted by Crippen LogP contribution is -2.48. The first-order valence-electron chi connectivity index (χ1n) is 9.57. The minimum absolute atomic E-state index is 0.0498. The highest BCUT2D eigenvalue weighted by atomic mass is 19.1. The Hall–Kier alpha value is -3.29. The molecular formula is C22H23FN2O5. The quantitative estimate of drug-likeness (QED) is 0.826. The molecule has 0 radical (unpaired) electrons. The van der Waals surface area contributed by atoms with Crippen molar-refractivity contribution in [3.05, 3.63) is 53.6 Å². The average Bonchev–Trinajstić information content (AvgIpc) is 3.23. The van der Waals surface area contributed by atoms with Gasteiger partial charge in [-0.3, -0.25) is 4.79 Å². The number of carbonyl (C=O) groups excluding carboxylic acids is 2. The Morgan fingerprint density at radius 2 is 1.90 bits per heavy atom. The second kappa shape index (κ2) is 6.90. The molecule has 2 aliphatic rings. The Labute approximate surface area is 173 Å². The molecule has 0 aromatic heterocycles. The third-order valence-corrected chi connectivity index (χ3v) is 5.06. The zero-order valence-electron chi connectivity index (χ0n) is 17.2. The van der Waals surface area contributed by atoms with Crippen molar-refractivity contribution in [3.63, 3.8) is 0 Å². The minimum atomic E-state index is -2.53. The first-order chi connectivity index (χ1) is 14.1. The highest BCUT2D eigenvalue weighted by Gasteiger charge is 2.57. The van der Waals surface area contributed by atoms with E-state index in [0.29, 0.717) is 22.7 Å². The third kappa shape index (κ3) is 3.22. The Kier molecular flexibility index (Phi) is 4.60. The van der Waals surface area contributed by atoms with Gasteiger partial charge in [0.2, 0.25) is 12.5 Å². The smallest absolute Gasteiger partial charge is 0.408 e. The van der Waals surface area contributed by atoms with Gasteiger partial charge in [-0.05, 0) is 44.5 Å². The molecule has 0 bridgehead atoms. The van der Waals surface area contributed by atoms with Crippen LogP contribution in [0.1, 0.15) is 37.9 Å². The number of rotatable bonds is 3. The number of halogens is 1. The van der Waals surface area contributed by atoms with Crippen LogP contribution in [0.4, 0.5) is 14.9 Å². The van der Waals surface area contributed by atoms with E-state index in [1.807, 2.05) is 0 Å². The molecule has 0 spiro atoms. The number of nitrogens with one attached hydrogen (secondary N) is 1. The molecule has 7 nitrogen and oxygen atoms in total. The topological polar surface area (TPSA) is 77.1 Å². The summed E-state index contributed by atoms with van der Waals surface area (Å²) >= 11 is 0. The fraction of sp³-hybridized carbons (Fsp3) is 0.364. The number of alkyl carbamates (subject to hydrolysis) is 1. The number of fused-ring (bicyclic) bond motifs is 2. The number of para-hydroxylation sites is 1. The number of hydrogen-bond donors (Lipinski definition) is 1. The molecule has 1 unspecified atom stereocenters. The van der Waals surface area contributed by atoms with Crippen LogP contribution in [0, 0.1) is 0 Å². The van der Waals surface area contributed by atoms with Gasteiger partial charge in [-0.15, -0.1) is 0 Å². The molecule has 2 aliphatic heterocycles. The fourth-order valence-corrected chi connectivity index (χ4v) is 3.75. The number of anilines is 1. The summed E-state index contributed by atoms with van der Waals surface area (Å²) < 4.78 is 32.8. The maximum atomic E-state index is 16.7. The number of ether oxygens (including phenoxy) is 3. The van der Waals surface area contributed by atoms with Crippen molar-refractivity contribution < 1.29 is 28.2 Å². The predicted octanol–water partition coefficient (Wildman–Crippen LogP) is 3.82. The molecule has 2 atom stereocenters. The van der Waals surface area contributed by atoms with Crippen LogP contribution < -0.4 is 19.7 Å². The Bertz CT molecular complexity index is 1020. The van der Waals surface area contributed by atoms with Crippen molar-refractivity contribution in [2.45, 2.75) is 38.1 Å². The molecular weight excluding hydrogens is 391 g/mol. The number of alkyl halides is 1. The van der Waals surface area contributed by atoms with E-state index in [0.717, 1.165) is 0 Å². The van der Waals surface area contributed by atoms with E-state index < -0.39 is 29.3 Å². The van der Waals surface area contributed by atoms with Gasteiger partial charge in [0.25, 0.3) is 5.91 Å². The van der Waals surface area contributed by atoms with Crippen LogP contribution in [0.2, 0.25) is 0 Å². The fourth-order valence-electron chi connectivity index (χ4n) is 3.75. The normalized spacial score (nSPS) is 20.7. The van der Waals surface area contributed by atoms with Crippen molar-refractivity contribution >= 4 is 17.7 Å². The summed E-state index contributed by atoms with van der Waals surface area (Å²) in [6.45, 7) is 5.17. The first-order valence-corrected chi connectivity index (χ1v) is 9.57. The highest BCUT2D eigenvalue weighted by molar-refractivity contribution is 6.07. The van der Waals surface area contributed by atoms with Crippen molar-refractivity contribution in [2.75, 3.05) is 18.7 Å². The van der Waals surface area contributed by atoms with E-state index in [9.17, 15) is 9.59 Å². The maximum Gasteiger partial charge on any atom is 0.408 e. The summed E-state index contributed by atoms with van der Waals surface area (Å²) in [5.74, 6) is 0.152. The first kappa shape index (κ1) is 20.0. The van der Waals surface area contributed by atoms with E-state index in [2.05, 4.69) is 5.32 Å². The highest BCUT2D eigenvalue weighted by Crippen LogP contribution is 2.50. The van der Waals surface area contributed by atoms with Gasteiger partial charge in [0, 0.05) is 12.6 Å². The van der Waals surface area contributed by atoms with Gasteiger partial charge in [-0.25, -0.2) is 9.18 Å². The lowest BCUT2D eigenvalue weighted by molar-refractivity contribution is -0.131. The summed E-state index contributed by atoms with van der Waals surface area (Å²) in [5.41, 5.74) is -2.35. The molecule has 158 valence electrons. The lowest BCUT2D eigenvalue weighted by atomic mass is 9.85. The van der Waals surface area contributed by atoms with Gasteiger partial charge < -0.3 is 24.4 Å². The van der Waals surface area contributed by atoms with Gasteiger partial charge in [-0.2, -0.15) is 0 Å². The van der Waals surface area contributed by atoms with Crippen LogP contribution in [0.5, 0.6) is 11.5 Å². The molecule has 2 heterocycles. The van der Waals surface area contributed by atoms with Crippen molar-refractivity contribution in [3.8, 4) is 11.5 Å². The number of likely N-dealkylation sites (N-methyl/N-ethyl adjacent to an activating group) is 1. The molecule has 0 saturated carbocycles. The number of nitrogens with zero attached hydrogens (tertiary/aromatic N) is 1. The van der Waals surface area contributed by atoms with Crippen molar-refractivity contribution in [1.29, 1.82) is 0 Å². The second-order valence-corrected chi connectivity index (χ2v) is 8.29. The standard InChI is InChI=1S/C22H23FN2O5/c1-21(2,3)30-20(27)24-18(13-9-10-16-17(11-13)29-12-28-16)22(23)14-7-5-6-8-15(14)25(4)19(22)26/h5-11,18H,12H2,1-4H3,(H,24,27)/t18?,22-/m0/s1. The maximum absolute atomic E-state index is 16.7. The van der Waals surface area contributed by atoms with Crippen LogP contribution >= 0.6 is 0 Å². The summed E-state index contributed by atoms with van der Waals surface area (Å²) in [7, 11) is 1.51. The molecule has 1 N–H and O–H groups in total. The van der Waals surface area contributed by atoms with Gasteiger partial charge in [0.1, 0.15) is 11.6 Å². The van der Waals surface area contributed by atoms with Crippen LogP contribution in [-0.4, -0.2) is 31.4 Å². The summed E-state index contributed by atoms with van der Waals surface area (Å²) in [6.07, 6.45) is -0.831. The van der Waals surface area contributed by atoms with E-state index in [1.54, 1.807) is 63.2 Å². The van der Waals surface area contributed by atoms with E-state index in [1.165, 1.54) is 11.9 Å². The SMILES string of the molecule is CN1C(=O)[C@@](F)(C(NC(=O)OC(C)(C)C)c2ccc3c(c2)OCO3)c2ccccc21. The molecule has 2 aromatic rings. The van der Waals surface area contributed by atoms with Crippen molar-refractivity contribution in [1.82, 2.24) is 5.32 Å². The zero-order valence-corrected chi connectivity index (χ0v) is 17.2. The molecule has 0 aliphatic carbocycles. The van der Waals surface area contributed by atoms with Crippen molar-refractivity contribution in [2.24, 2.45) is 0 Å². The average molecular weight is 414 g/mol. The van der Waals surface area contributed by atoms with Crippen LogP contribution in [0.3, 0.4) is 0 Å². The Balaban J connectivity index is 1.81. The molecule has 30 heavy (non-hydrogen) atoms. The van der Waals surface area contributed by atoms with E-state index in [4.69, 9.17) is 14.2 Å². The third-order valence-electron chi connectivity index (χ3n) is 5.06. The molecule has 0 fully saturated rings. The summed E-state index contributed by atoms with van der Waals surface area (Å²) in [5, 5.41) is 2.58. The molecule has 0 saturated heterocycles. The molecule has 2 aromatic carbocycles. The zero-order chi connectivity index (χ0) is 21.7. The molecule has 8 heteroatoms. The van der Waals surface area contributed by atoms with Crippen LogP contribution in [0.25, 0.3) is 0 Å². The molecule has 2 amide bonds. The summed E-state index contributed by atoms with van der Waals surface area (Å²) in [6, 6.07) is 10.0. The number of hydrogen-bond acceptors (Lipinski definition) is 5. The van der Waals surface area contributed by atoms with Crippen LogP contribution in [-0.2, 0) is 15.2 Å². The van der Waals surface area contributed by atoms with E-state index >= 15 is 4.39 Å². The minimum Gasteiger partial charge on any atom is -0.454 e. The van der Waals surface area contributed by atoms with Gasteiger partial charge in [0.05, 0.1) is 5.69 Å². The van der Waals surface area contributed by atoms with Crippen LogP contribution in [0.15, 0.2) is 42.5 Å². The predicted molar refractivity (Wildman–Crippen MR) is 107 cm³/mol. The summed E-state index contributed by atoms with van der Waals surface area (Å²) in [4.78, 5) is 27.0. The monoisotopic (exact) mass is 414 g/mol. The second-order valence-electron chi connectivity index (χ2n) is 8.29. The number of amides is 2. The van der Waals surface area contributed by atoms with Gasteiger partial charge in [-0.1, -0.05) is 24.3 Å². The number of benzene rings is 2. The number of carbonyl (C=O) groups is 2. The molecule has 4 rings (SSSR count). The van der Waals surface area contributed by atoms with E-state index in [-0.39, 0.29) is 12.4 Å².